The number of nitrogens with zero attached hydrogens (tertiary/aromatic N) is 2. The van der Waals surface area contributed by atoms with E-state index in [2.05, 4.69) is 48.2 Å². The van der Waals surface area contributed by atoms with Gasteiger partial charge in [0, 0.05) is 47.7 Å². The van der Waals surface area contributed by atoms with Gasteiger partial charge in [0.25, 0.3) is 0 Å². The van der Waals surface area contributed by atoms with Crippen molar-refractivity contribution in [2.75, 3.05) is 18.6 Å². The number of thiophene rings is 3. The van der Waals surface area contributed by atoms with Crippen LogP contribution in [0.25, 0.3) is 36.0 Å². The van der Waals surface area contributed by atoms with Gasteiger partial charge in [-0.15, -0.1) is 34.0 Å². The minimum Gasteiger partial charge on any atom is -0.497 e. The Kier molecular flexibility index (Phi) is 11.4. The number of carbonyl (C=O) groups excluding carboxylic acids is 1. The summed E-state index contributed by atoms with van der Waals surface area (Å²) in [6.45, 7) is 2.95. The molecule has 3 aromatic carbocycles. The second-order valence-electron chi connectivity index (χ2n) is 12.9. The zero-order valence-corrected chi connectivity index (χ0v) is 32.4. The summed E-state index contributed by atoms with van der Waals surface area (Å²) in [6, 6.07) is 34.0. The van der Waals surface area contributed by atoms with Crippen LogP contribution in [0, 0.1) is 11.3 Å². The average Bonchev–Trinajstić information content (AvgIpc) is 3.99. The van der Waals surface area contributed by atoms with Gasteiger partial charge in [-0.25, -0.2) is 4.79 Å². The molecular weight excluding hydrogens is 733 g/mol. The van der Waals surface area contributed by atoms with E-state index in [1.54, 1.807) is 41.9 Å². The summed E-state index contributed by atoms with van der Waals surface area (Å²) in [6.07, 6.45) is 8.73. The maximum atomic E-state index is 13.6. The van der Waals surface area contributed by atoms with E-state index in [1.165, 1.54) is 49.5 Å². The Morgan fingerprint density at radius 3 is 1.93 bits per heavy atom. The molecule has 7 rings (SSSR count). The molecule has 0 aliphatic heterocycles. The van der Waals surface area contributed by atoms with Gasteiger partial charge in [0.2, 0.25) is 0 Å². The quantitative estimate of drug-likeness (QED) is 0.0593. The fourth-order valence-corrected chi connectivity index (χ4v) is 9.94. The number of methoxy groups -OCH3 is 1. The molecule has 0 spiro atoms. The van der Waals surface area contributed by atoms with Crippen molar-refractivity contribution in [3.63, 3.8) is 0 Å². The van der Waals surface area contributed by atoms with Gasteiger partial charge in [0.15, 0.2) is 5.78 Å². The number of hydrogen-bond donors (Lipinski definition) is 1. The molecule has 0 bridgehead atoms. The smallest absolute Gasteiger partial charge is 0.346 e. The first-order chi connectivity index (χ1) is 26.4. The fourth-order valence-electron chi connectivity index (χ4n) is 6.43. The summed E-state index contributed by atoms with van der Waals surface area (Å²) in [4.78, 5) is 32.5. The van der Waals surface area contributed by atoms with Crippen LogP contribution in [0.5, 0.6) is 11.5 Å². The van der Waals surface area contributed by atoms with E-state index in [-0.39, 0.29) is 11.4 Å². The van der Waals surface area contributed by atoms with Gasteiger partial charge in [0.05, 0.1) is 23.5 Å². The van der Waals surface area contributed by atoms with Crippen LogP contribution in [0.4, 0.5) is 17.1 Å². The molecule has 6 aromatic rings. The van der Waals surface area contributed by atoms with Gasteiger partial charge < -0.3 is 19.5 Å². The maximum Gasteiger partial charge on any atom is 0.346 e. The molecule has 54 heavy (non-hydrogen) atoms. The molecule has 0 radical (unpaired) electrons. The lowest BCUT2D eigenvalue weighted by Gasteiger charge is -2.26. The van der Waals surface area contributed by atoms with Crippen LogP contribution < -0.4 is 14.4 Å². The van der Waals surface area contributed by atoms with Crippen LogP contribution in [0.15, 0.2) is 103 Å². The second-order valence-corrected chi connectivity index (χ2v) is 16.1. The molecule has 0 fully saturated rings. The Labute approximate surface area is 327 Å². The summed E-state index contributed by atoms with van der Waals surface area (Å²) in [5.41, 5.74) is 5.11. The molecule has 1 N–H and O–H groups in total. The molecule has 7 nitrogen and oxygen atoms in total. The van der Waals surface area contributed by atoms with Gasteiger partial charge in [-0.2, -0.15) is 5.26 Å². The Morgan fingerprint density at radius 2 is 1.31 bits per heavy atom. The molecule has 0 saturated heterocycles. The highest BCUT2D eigenvalue weighted by Crippen LogP contribution is 2.51. The number of hydrogen-bond acceptors (Lipinski definition) is 9. The van der Waals surface area contributed by atoms with Crippen molar-refractivity contribution in [1.82, 2.24) is 0 Å². The first-order valence-corrected chi connectivity index (χ1v) is 20.4. The monoisotopic (exact) mass is 770 g/mol. The van der Waals surface area contributed by atoms with Gasteiger partial charge in [-0.3, -0.25) is 4.79 Å². The number of ether oxygens (including phenoxy) is 2. The minimum absolute atomic E-state index is 0.0148. The highest BCUT2D eigenvalue weighted by atomic mass is 32.1. The third kappa shape index (κ3) is 7.90. The number of ketones is 1. The van der Waals surface area contributed by atoms with E-state index in [0.717, 1.165) is 77.1 Å². The molecule has 10 heteroatoms. The van der Waals surface area contributed by atoms with Crippen LogP contribution in [0.2, 0.25) is 0 Å². The third-order valence-corrected chi connectivity index (χ3v) is 13.0. The number of carboxylic acids is 1. The van der Waals surface area contributed by atoms with E-state index >= 15 is 0 Å². The zero-order valence-electron chi connectivity index (χ0n) is 30.0. The molecule has 0 atom stereocenters. The lowest BCUT2D eigenvalue weighted by Crippen LogP contribution is -2.10. The van der Waals surface area contributed by atoms with Gasteiger partial charge in [-0.05, 0) is 103 Å². The normalized spacial score (nSPS) is 11.9. The molecule has 272 valence electrons. The Hall–Kier alpha value is -5.47. The molecule has 1 aliphatic rings. The fraction of sp³-hybridized carbons (Fsp3) is 0.205. The maximum absolute atomic E-state index is 13.6. The highest BCUT2D eigenvalue weighted by Gasteiger charge is 2.32. The Balaban J connectivity index is 1.10. The van der Waals surface area contributed by atoms with Crippen molar-refractivity contribution in [2.24, 2.45) is 0 Å². The van der Waals surface area contributed by atoms with Crippen molar-refractivity contribution in [1.29, 1.82) is 5.26 Å². The number of benzene rings is 3. The van der Waals surface area contributed by atoms with E-state index in [1.807, 2.05) is 54.6 Å². The number of rotatable bonds is 16. The average molecular weight is 771 g/mol. The highest BCUT2D eigenvalue weighted by molar-refractivity contribution is 7.28. The summed E-state index contributed by atoms with van der Waals surface area (Å²) in [7, 11) is 1.66. The number of anilines is 3. The van der Waals surface area contributed by atoms with Crippen molar-refractivity contribution >= 4 is 68.9 Å². The van der Waals surface area contributed by atoms with E-state index in [0.29, 0.717) is 10.4 Å². The first-order valence-electron chi connectivity index (χ1n) is 17.9. The van der Waals surface area contributed by atoms with Crippen LogP contribution in [-0.4, -0.2) is 30.6 Å². The van der Waals surface area contributed by atoms with Gasteiger partial charge in [0.1, 0.15) is 23.1 Å². The van der Waals surface area contributed by atoms with Gasteiger partial charge >= 0.3 is 5.97 Å². The van der Waals surface area contributed by atoms with Gasteiger partial charge in [-0.1, -0.05) is 51.2 Å². The van der Waals surface area contributed by atoms with Crippen molar-refractivity contribution in [3.8, 4) is 47.5 Å². The molecule has 0 unspecified atom stereocenters. The lowest BCUT2D eigenvalue weighted by molar-refractivity contribution is -0.132. The Bertz CT molecular complexity index is 2340. The molecule has 3 aromatic heterocycles. The lowest BCUT2D eigenvalue weighted by atomic mass is 10.1. The van der Waals surface area contributed by atoms with Crippen molar-refractivity contribution in [2.45, 2.75) is 45.4 Å². The number of unbranched alkanes of at least 4 members (excludes halogenated alkanes) is 5. The van der Waals surface area contributed by atoms with Crippen LogP contribution >= 0.6 is 34.0 Å². The second kappa shape index (κ2) is 16.7. The number of fused-ring (bicyclic) bond motifs is 3. The SMILES string of the molecule is CCCCCCCCOc1ccc(N(c2ccc(OC)cc2)c2ccc(-c3cc4c(s3)-c3sc(-c5ccc(/C=C(\C#N)C(=O)O)s5)cc3C4=O)cc2)cc1. The standard InChI is InChI=1S/C44H38N2O5S3/c1-3-4-5-6-7-8-23-51-34-19-15-32(16-20-34)46(31-13-17-33(50-2)18-14-31)30-11-9-28(10-12-30)39-25-36-41(47)37-26-40(54-43(37)42(36)53-39)38-22-21-35(52-38)24-29(27-45)44(48)49/h9-22,24-26H,3-8,23H2,1-2H3,(H,48,49)/b29-24+. The summed E-state index contributed by atoms with van der Waals surface area (Å²) >= 11 is 4.57. The van der Waals surface area contributed by atoms with Crippen molar-refractivity contribution in [3.05, 3.63) is 119 Å². The predicted molar refractivity (Wildman–Crippen MR) is 221 cm³/mol. The van der Waals surface area contributed by atoms with Crippen LogP contribution in [0.3, 0.4) is 0 Å². The summed E-state index contributed by atoms with van der Waals surface area (Å²) in [5, 5.41) is 18.4. The van der Waals surface area contributed by atoms with Crippen LogP contribution in [0.1, 0.15) is 66.2 Å². The molecule has 0 saturated carbocycles. The number of aliphatic carboxylic acids is 1. The summed E-state index contributed by atoms with van der Waals surface area (Å²) < 4.78 is 11.5. The number of carboxylic acid groups (broad SMARTS) is 1. The van der Waals surface area contributed by atoms with Crippen molar-refractivity contribution < 1.29 is 24.2 Å². The third-order valence-electron chi connectivity index (χ3n) is 9.27. The molecular formula is C44H38N2O5S3. The summed E-state index contributed by atoms with van der Waals surface area (Å²) in [5.74, 6) is 0.408. The number of nitriles is 1. The van der Waals surface area contributed by atoms with Crippen LogP contribution in [-0.2, 0) is 4.79 Å². The molecule has 3 heterocycles. The molecule has 1 aliphatic carbocycles. The first kappa shape index (κ1) is 36.9. The zero-order chi connectivity index (χ0) is 37.6. The van der Waals surface area contributed by atoms with E-state index in [9.17, 15) is 14.7 Å². The minimum atomic E-state index is -1.26. The largest absolute Gasteiger partial charge is 0.497 e. The van der Waals surface area contributed by atoms with E-state index < -0.39 is 5.97 Å². The predicted octanol–water partition coefficient (Wildman–Crippen LogP) is 12.6. The molecule has 0 amide bonds. The topological polar surface area (TPSA) is 99.9 Å². The van der Waals surface area contributed by atoms with E-state index in [4.69, 9.17) is 14.7 Å². The number of carbonyl (C=O) groups is 2. The Morgan fingerprint density at radius 1 is 0.741 bits per heavy atom.